The van der Waals surface area contributed by atoms with Crippen LogP contribution >= 0.6 is 0 Å². The number of urea groups is 1. The number of nitro benzene ring substituents is 1. The van der Waals surface area contributed by atoms with Crippen LogP contribution < -0.4 is 26.3 Å². The number of nitrogens with zero attached hydrogens (tertiary/aromatic N) is 2. The van der Waals surface area contributed by atoms with Crippen LogP contribution in [0.5, 0.6) is 5.75 Å². The Hall–Kier alpha value is -5.80. The number of ketones is 1. The van der Waals surface area contributed by atoms with E-state index in [1.54, 1.807) is 25.1 Å². The Morgan fingerprint density at radius 2 is 1.86 bits per heavy atom. The minimum atomic E-state index is -1.10. The second-order valence-electron chi connectivity index (χ2n) is 12.3. The number of rotatable bonds is 15. The zero-order valence-corrected chi connectivity index (χ0v) is 28.6. The highest BCUT2D eigenvalue weighted by Gasteiger charge is 2.39. The van der Waals surface area contributed by atoms with E-state index in [1.807, 2.05) is 0 Å². The zero-order chi connectivity index (χ0) is 37.1. The largest absolute Gasteiger partial charge is 0.449 e. The summed E-state index contributed by atoms with van der Waals surface area (Å²) in [7, 11) is 1.48. The van der Waals surface area contributed by atoms with Gasteiger partial charge in [0, 0.05) is 61.6 Å². The van der Waals surface area contributed by atoms with Crippen LogP contribution in [0.25, 0.3) is 11.0 Å². The van der Waals surface area contributed by atoms with Gasteiger partial charge in [0.25, 0.3) is 5.69 Å². The third kappa shape index (κ3) is 10.4. The summed E-state index contributed by atoms with van der Waals surface area (Å²) in [6.45, 7) is 3.42. The number of ether oxygens (including phenoxy) is 2. The highest BCUT2D eigenvalue weighted by Crippen LogP contribution is 2.28. The van der Waals surface area contributed by atoms with Crippen molar-refractivity contribution in [2.45, 2.75) is 70.4 Å². The molecule has 2 heterocycles. The average molecular weight is 708 g/mol. The quantitative estimate of drug-likeness (QED) is 0.0516. The van der Waals surface area contributed by atoms with Crippen molar-refractivity contribution in [2.24, 2.45) is 0 Å². The van der Waals surface area contributed by atoms with E-state index in [9.17, 15) is 38.9 Å². The van der Waals surface area contributed by atoms with E-state index >= 15 is 0 Å². The fraction of sp³-hybridized carbons (Fsp3) is 0.429. The molecule has 1 aliphatic heterocycles. The number of likely N-dealkylation sites (tertiary alicyclic amines) is 1. The number of Topliss-reactive ketones (excluding diaryl/α,β-unsaturated/α-hetero) is 1. The summed E-state index contributed by atoms with van der Waals surface area (Å²) in [6.07, 6.45) is 0.978. The number of carbonyl (C=O) groups excluding carboxylic acids is 5. The van der Waals surface area contributed by atoms with Crippen molar-refractivity contribution < 1.29 is 42.8 Å². The molecule has 4 rings (SSSR count). The molecule has 16 nitrogen and oxygen atoms in total. The number of nitrogens with one attached hydrogen (secondary N) is 3. The Morgan fingerprint density at radius 3 is 2.59 bits per heavy atom. The fourth-order valence-corrected chi connectivity index (χ4v) is 5.91. The summed E-state index contributed by atoms with van der Waals surface area (Å²) >= 11 is 0. The van der Waals surface area contributed by atoms with Crippen molar-refractivity contribution in [3.63, 3.8) is 0 Å². The molecule has 4 amide bonds. The van der Waals surface area contributed by atoms with Gasteiger partial charge in [-0.1, -0.05) is 25.1 Å². The molecular formula is C35H41N5O11. The summed E-state index contributed by atoms with van der Waals surface area (Å²) in [5.74, 6) is -1.85. The standard InChI is InChI=1S/C35H41N5O11/c1-21(25-9-4-5-11-28(25)40(47)48)20-49-35(46)38-27(10-6-7-15-37-34(45)36-3)32(43)39-16-8-12-29(39)33(44)50-24-13-14-26-23(17-22(2)41)18-31(42)51-30(26)19-24/h4-5,9,11,13-14,18-19,21,27,29H,6-8,10,12,15-17,20H2,1-3H3,(H,38,46)(H2,36,37,45)/t21?,27-,29-/m0/s1. The fourth-order valence-electron chi connectivity index (χ4n) is 5.91. The Labute approximate surface area is 293 Å². The number of hydrogen-bond donors (Lipinski definition) is 3. The third-order valence-electron chi connectivity index (χ3n) is 8.42. The number of nitro groups is 1. The Kier molecular flexibility index (Phi) is 13.2. The van der Waals surface area contributed by atoms with Gasteiger partial charge in [0.2, 0.25) is 5.91 Å². The van der Waals surface area contributed by atoms with E-state index in [4.69, 9.17) is 13.9 Å². The molecule has 0 spiro atoms. The van der Waals surface area contributed by atoms with Gasteiger partial charge in [-0.2, -0.15) is 0 Å². The Bertz CT molecular complexity index is 1840. The summed E-state index contributed by atoms with van der Waals surface area (Å²) in [5.41, 5.74) is 0.234. The van der Waals surface area contributed by atoms with Crippen molar-refractivity contribution in [3.8, 4) is 5.75 Å². The molecule has 0 saturated carbocycles. The van der Waals surface area contributed by atoms with Gasteiger partial charge in [-0.05, 0) is 56.7 Å². The first kappa shape index (κ1) is 38.0. The molecule has 1 unspecified atom stereocenters. The van der Waals surface area contributed by atoms with Gasteiger partial charge >= 0.3 is 23.7 Å². The summed E-state index contributed by atoms with van der Waals surface area (Å²) < 4.78 is 16.3. The lowest BCUT2D eigenvalue weighted by atomic mass is 10.0. The van der Waals surface area contributed by atoms with Crippen molar-refractivity contribution >= 4 is 46.4 Å². The number of esters is 1. The normalized spacial score (nSPS) is 15.0. The molecule has 3 atom stereocenters. The van der Waals surface area contributed by atoms with Crippen LogP contribution in [0.15, 0.2) is 57.7 Å². The summed E-state index contributed by atoms with van der Waals surface area (Å²) in [6, 6.07) is 9.40. The summed E-state index contributed by atoms with van der Waals surface area (Å²) in [4.78, 5) is 87.9. The second-order valence-corrected chi connectivity index (χ2v) is 12.3. The SMILES string of the molecule is CNC(=O)NCCCC[C@H](NC(=O)OCC(C)c1ccccc1[N+](=O)[O-])C(=O)N1CCC[C@H]1C(=O)Oc1ccc2c(CC(C)=O)cc(=O)oc2c1. The van der Waals surface area contributed by atoms with Crippen molar-refractivity contribution in [1.29, 1.82) is 0 Å². The molecule has 3 aromatic rings. The van der Waals surface area contributed by atoms with E-state index in [-0.39, 0.29) is 54.8 Å². The van der Waals surface area contributed by atoms with Crippen LogP contribution in [0.3, 0.4) is 0 Å². The molecule has 2 aromatic carbocycles. The third-order valence-corrected chi connectivity index (χ3v) is 8.42. The molecule has 0 radical (unpaired) electrons. The molecule has 16 heteroatoms. The number of benzene rings is 2. The molecule has 272 valence electrons. The molecule has 1 aliphatic rings. The van der Waals surface area contributed by atoms with E-state index in [2.05, 4.69) is 16.0 Å². The van der Waals surface area contributed by atoms with Crippen molar-refractivity contribution in [1.82, 2.24) is 20.9 Å². The number of fused-ring (bicyclic) bond motifs is 1. The van der Waals surface area contributed by atoms with E-state index < -0.39 is 46.5 Å². The van der Waals surface area contributed by atoms with Crippen LogP contribution in [0, 0.1) is 10.1 Å². The van der Waals surface area contributed by atoms with Gasteiger partial charge in [-0.3, -0.25) is 19.7 Å². The van der Waals surface area contributed by atoms with Crippen LogP contribution in [0.2, 0.25) is 0 Å². The van der Waals surface area contributed by atoms with Gasteiger partial charge in [-0.25, -0.2) is 19.2 Å². The van der Waals surface area contributed by atoms with Crippen LogP contribution in [-0.2, 0) is 25.5 Å². The summed E-state index contributed by atoms with van der Waals surface area (Å²) in [5, 5.41) is 19.7. The minimum absolute atomic E-state index is 0.0300. The predicted molar refractivity (Wildman–Crippen MR) is 183 cm³/mol. The first-order valence-electron chi connectivity index (χ1n) is 16.6. The van der Waals surface area contributed by atoms with Gasteiger partial charge in [0.15, 0.2) is 0 Å². The first-order chi connectivity index (χ1) is 24.4. The van der Waals surface area contributed by atoms with E-state index in [0.29, 0.717) is 48.7 Å². The van der Waals surface area contributed by atoms with Crippen molar-refractivity contribution in [2.75, 3.05) is 26.7 Å². The monoisotopic (exact) mass is 707 g/mol. The molecule has 1 aromatic heterocycles. The zero-order valence-electron chi connectivity index (χ0n) is 28.6. The lowest BCUT2D eigenvalue weighted by Crippen LogP contribution is -2.52. The van der Waals surface area contributed by atoms with E-state index in [1.165, 1.54) is 49.2 Å². The lowest BCUT2D eigenvalue weighted by molar-refractivity contribution is -0.385. The highest BCUT2D eigenvalue weighted by molar-refractivity contribution is 5.91. The number of hydrogen-bond acceptors (Lipinski definition) is 11. The Balaban J connectivity index is 1.45. The second kappa shape index (κ2) is 17.7. The molecule has 0 aliphatic carbocycles. The lowest BCUT2D eigenvalue weighted by Gasteiger charge is -2.28. The number of alkyl carbamates (subject to hydrolysis) is 1. The van der Waals surface area contributed by atoms with Gasteiger partial charge in [0.05, 0.1) is 4.92 Å². The maximum atomic E-state index is 13.9. The predicted octanol–water partition coefficient (Wildman–Crippen LogP) is 3.73. The smallest absolute Gasteiger partial charge is 0.407 e. The van der Waals surface area contributed by atoms with Crippen molar-refractivity contribution in [3.05, 3.63) is 80.2 Å². The van der Waals surface area contributed by atoms with Crippen LogP contribution in [0.4, 0.5) is 15.3 Å². The molecule has 51 heavy (non-hydrogen) atoms. The number of amides is 4. The van der Waals surface area contributed by atoms with E-state index in [0.717, 1.165) is 0 Å². The first-order valence-corrected chi connectivity index (χ1v) is 16.6. The Morgan fingerprint density at radius 1 is 1.10 bits per heavy atom. The molecular weight excluding hydrogens is 666 g/mol. The van der Waals surface area contributed by atoms with Gasteiger partial charge < -0.3 is 34.7 Å². The van der Waals surface area contributed by atoms with Crippen LogP contribution in [0.1, 0.15) is 63.0 Å². The minimum Gasteiger partial charge on any atom is -0.449 e. The number of carbonyl (C=O) groups is 5. The maximum Gasteiger partial charge on any atom is 0.407 e. The van der Waals surface area contributed by atoms with Gasteiger partial charge in [0.1, 0.15) is 35.8 Å². The molecule has 0 bridgehead atoms. The molecule has 3 N–H and O–H groups in total. The molecule has 1 saturated heterocycles. The van der Waals surface area contributed by atoms with Crippen LogP contribution in [-0.4, -0.2) is 78.4 Å². The number of unbranched alkanes of at least 4 members (excludes halogenated alkanes) is 1. The topological polar surface area (TPSA) is 216 Å². The average Bonchev–Trinajstić information content (AvgIpc) is 3.59. The maximum absolute atomic E-state index is 13.9. The molecule has 1 fully saturated rings. The van der Waals surface area contributed by atoms with Gasteiger partial charge in [-0.15, -0.1) is 0 Å². The number of para-hydroxylation sites is 1. The highest BCUT2D eigenvalue weighted by atomic mass is 16.6.